The van der Waals surface area contributed by atoms with Crippen molar-refractivity contribution in [2.45, 2.75) is 33.1 Å². The highest BCUT2D eigenvalue weighted by atomic mass is 19.4. The topological polar surface area (TPSA) is 79.6 Å². The molecule has 0 saturated heterocycles. The minimum absolute atomic E-state index is 0.116. The maximum absolute atomic E-state index is 12.7. The molecule has 0 heterocycles. The van der Waals surface area contributed by atoms with E-state index in [4.69, 9.17) is 10.00 Å². The molecule has 0 fully saturated rings. The second-order valence-electron chi connectivity index (χ2n) is 7.18. The predicted molar refractivity (Wildman–Crippen MR) is 111 cm³/mol. The van der Waals surface area contributed by atoms with E-state index in [1.54, 1.807) is 0 Å². The lowest BCUT2D eigenvalue weighted by molar-refractivity contribution is -0.176. The number of carbonyl (C=O) groups is 2. The Hall–Kier alpha value is -3.38. The Kier molecular flexibility index (Phi) is 8.79. The van der Waals surface area contributed by atoms with Crippen molar-refractivity contribution in [3.8, 4) is 6.07 Å². The van der Waals surface area contributed by atoms with Crippen LogP contribution in [0.3, 0.4) is 0 Å². The molecule has 2 aromatic carbocycles. The van der Waals surface area contributed by atoms with Crippen LogP contribution in [0.1, 0.15) is 33.5 Å². The number of nitrogens with zero attached hydrogens (tertiary/aromatic N) is 2. The summed E-state index contributed by atoms with van der Waals surface area (Å²) in [5.74, 6) is -1.22. The first kappa shape index (κ1) is 24.9. The lowest BCUT2D eigenvalue weighted by Gasteiger charge is -2.22. The van der Waals surface area contributed by atoms with Crippen LogP contribution in [0, 0.1) is 25.2 Å². The average molecular weight is 448 g/mol. The molecular weight excluding hydrogens is 425 g/mol. The van der Waals surface area contributed by atoms with Crippen LogP contribution >= 0.6 is 0 Å². The summed E-state index contributed by atoms with van der Waals surface area (Å²) >= 11 is 0. The van der Waals surface area contributed by atoms with Gasteiger partial charge in [0.15, 0.2) is 6.61 Å². The number of hydrogen-bond donors (Lipinski definition) is 0. The third kappa shape index (κ3) is 8.04. The SMILES string of the molecule is Cc1cc(C)cc(N(CCC#N)C(=O)COC(=O)c2ccc(COCC(F)(F)F)cc2)c1. The summed E-state index contributed by atoms with van der Waals surface area (Å²) in [6, 6.07) is 13.2. The lowest BCUT2D eigenvalue weighted by atomic mass is 10.1. The van der Waals surface area contributed by atoms with Crippen LogP contribution in [0.5, 0.6) is 0 Å². The maximum Gasteiger partial charge on any atom is 0.411 e. The standard InChI is InChI=1S/C23H23F3N2O4/c1-16-10-17(2)12-20(11-16)28(9-3-8-27)21(29)14-32-22(30)19-6-4-18(5-7-19)13-31-15-23(24,25)26/h4-7,10-12H,3,9,13-15H2,1-2H3. The van der Waals surface area contributed by atoms with E-state index in [0.717, 1.165) is 11.1 Å². The first-order valence-electron chi connectivity index (χ1n) is 9.75. The molecule has 0 aliphatic heterocycles. The van der Waals surface area contributed by atoms with Crippen molar-refractivity contribution in [2.75, 3.05) is 24.7 Å². The van der Waals surface area contributed by atoms with Crippen molar-refractivity contribution < 1.29 is 32.2 Å². The zero-order chi connectivity index (χ0) is 23.7. The summed E-state index contributed by atoms with van der Waals surface area (Å²) in [6.45, 7) is 1.80. The summed E-state index contributed by atoms with van der Waals surface area (Å²) in [5.41, 5.74) is 3.12. The van der Waals surface area contributed by atoms with E-state index in [2.05, 4.69) is 4.74 Å². The zero-order valence-corrected chi connectivity index (χ0v) is 17.7. The molecule has 9 heteroatoms. The Bertz CT molecular complexity index is 962. The van der Waals surface area contributed by atoms with Gasteiger partial charge >= 0.3 is 12.1 Å². The molecule has 0 aromatic heterocycles. The number of rotatable bonds is 9. The van der Waals surface area contributed by atoms with Gasteiger partial charge in [-0.3, -0.25) is 4.79 Å². The molecule has 0 atom stereocenters. The second kappa shape index (κ2) is 11.3. The summed E-state index contributed by atoms with van der Waals surface area (Å²) in [5, 5.41) is 8.90. The lowest BCUT2D eigenvalue weighted by Crippen LogP contribution is -2.35. The Labute approximate surface area is 184 Å². The van der Waals surface area contributed by atoms with E-state index >= 15 is 0 Å². The largest absolute Gasteiger partial charge is 0.452 e. The molecule has 0 radical (unpaired) electrons. The second-order valence-corrected chi connectivity index (χ2v) is 7.18. The Morgan fingerprint density at radius 2 is 1.69 bits per heavy atom. The molecular formula is C23H23F3N2O4. The number of carbonyl (C=O) groups excluding carboxylic acids is 2. The zero-order valence-electron chi connectivity index (χ0n) is 17.7. The van der Waals surface area contributed by atoms with Crippen molar-refractivity contribution in [3.05, 3.63) is 64.7 Å². The fourth-order valence-electron chi connectivity index (χ4n) is 2.98. The molecule has 0 aliphatic rings. The van der Waals surface area contributed by atoms with Gasteiger partial charge in [-0.2, -0.15) is 18.4 Å². The van der Waals surface area contributed by atoms with Crippen LogP contribution < -0.4 is 4.90 Å². The van der Waals surface area contributed by atoms with Crippen molar-refractivity contribution in [3.63, 3.8) is 0 Å². The molecule has 2 rings (SSSR count). The van der Waals surface area contributed by atoms with Crippen LogP contribution in [0.4, 0.5) is 18.9 Å². The summed E-state index contributed by atoms with van der Waals surface area (Å²) in [4.78, 5) is 26.4. The molecule has 0 unspecified atom stereocenters. The van der Waals surface area contributed by atoms with Gasteiger partial charge in [0.25, 0.3) is 5.91 Å². The van der Waals surface area contributed by atoms with Gasteiger partial charge in [0.2, 0.25) is 0 Å². The highest BCUT2D eigenvalue weighted by molar-refractivity contribution is 5.97. The summed E-state index contributed by atoms with van der Waals surface area (Å²) in [7, 11) is 0. The fraction of sp³-hybridized carbons (Fsp3) is 0.348. The molecule has 0 aliphatic carbocycles. The van der Waals surface area contributed by atoms with Crippen LogP contribution in [0.2, 0.25) is 0 Å². The molecule has 2 aromatic rings. The number of amides is 1. The average Bonchev–Trinajstić information content (AvgIpc) is 2.71. The van der Waals surface area contributed by atoms with Crippen molar-refractivity contribution >= 4 is 17.6 Å². The number of hydrogen-bond acceptors (Lipinski definition) is 5. The Morgan fingerprint density at radius 1 is 1.06 bits per heavy atom. The van der Waals surface area contributed by atoms with Crippen LogP contribution in [0.25, 0.3) is 0 Å². The van der Waals surface area contributed by atoms with Crippen LogP contribution in [-0.4, -0.2) is 37.8 Å². The first-order chi connectivity index (χ1) is 15.1. The smallest absolute Gasteiger partial charge is 0.411 e. The summed E-state index contributed by atoms with van der Waals surface area (Å²) < 4.78 is 46.0. The summed E-state index contributed by atoms with van der Waals surface area (Å²) in [6.07, 6.45) is -4.29. The Morgan fingerprint density at radius 3 is 2.25 bits per heavy atom. The van der Waals surface area contributed by atoms with Gasteiger partial charge < -0.3 is 14.4 Å². The third-order valence-electron chi connectivity index (χ3n) is 4.32. The number of alkyl halides is 3. The number of halogens is 3. The molecule has 170 valence electrons. The third-order valence-corrected chi connectivity index (χ3v) is 4.32. The van der Waals surface area contributed by atoms with Gasteiger partial charge in [-0.15, -0.1) is 0 Å². The minimum Gasteiger partial charge on any atom is -0.452 e. The highest BCUT2D eigenvalue weighted by Crippen LogP contribution is 2.20. The molecule has 6 nitrogen and oxygen atoms in total. The molecule has 0 N–H and O–H groups in total. The maximum atomic E-state index is 12.7. The fourth-order valence-corrected chi connectivity index (χ4v) is 2.98. The number of nitriles is 1. The van der Waals surface area contributed by atoms with E-state index in [1.165, 1.54) is 29.2 Å². The normalized spacial score (nSPS) is 11.0. The number of benzene rings is 2. The van der Waals surface area contributed by atoms with Gasteiger partial charge in [0.05, 0.1) is 24.7 Å². The molecule has 0 spiro atoms. The highest BCUT2D eigenvalue weighted by Gasteiger charge is 2.27. The van der Waals surface area contributed by atoms with Crippen molar-refractivity contribution in [1.82, 2.24) is 0 Å². The van der Waals surface area contributed by atoms with E-state index in [1.807, 2.05) is 38.1 Å². The van der Waals surface area contributed by atoms with E-state index in [9.17, 15) is 22.8 Å². The van der Waals surface area contributed by atoms with Gasteiger partial charge in [-0.05, 0) is 54.8 Å². The van der Waals surface area contributed by atoms with Gasteiger partial charge in [-0.1, -0.05) is 18.2 Å². The van der Waals surface area contributed by atoms with Crippen molar-refractivity contribution in [1.29, 1.82) is 5.26 Å². The van der Waals surface area contributed by atoms with E-state index in [0.29, 0.717) is 11.3 Å². The molecule has 0 saturated carbocycles. The number of anilines is 1. The van der Waals surface area contributed by atoms with Gasteiger partial charge in [0.1, 0.15) is 6.61 Å². The number of aryl methyl sites for hydroxylation is 2. The monoisotopic (exact) mass is 448 g/mol. The quantitative estimate of drug-likeness (QED) is 0.529. The number of ether oxygens (including phenoxy) is 2. The molecule has 1 amide bonds. The molecule has 0 bridgehead atoms. The van der Waals surface area contributed by atoms with E-state index < -0.39 is 31.3 Å². The first-order valence-corrected chi connectivity index (χ1v) is 9.75. The predicted octanol–water partition coefficient (Wildman–Crippen LogP) is 4.49. The van der Waals surface area contributed by atoms with Gasteiger partial charge in [-0.25, -0.2) is 4.79 Å². The van der Waals surface area contributed by atoms with Crippen LogP contribution in [0.15, 0.2) is 42.5 Å². The minimum atomic E-state index is -4.41. The van der Waals surface area contributed by atoms with E-state index in [-0.39, 0.29) is 25.1 Å². The van der Waals surface area contributed by atoms with Crippen molar-refractivity contribution in [2.24, 2.45) is 0 Å². The number of esters is 1. The molecule has 32 heavy (non-hydrogen) atoms. The van der Waals surface area contributed by atoms with Crippen LogP contribution in [-0.2, 0) is 20.9 Å². The Balaban J connectivity index is 1.97. The van der Waals surface area contributed by atoms with Gasteiger partial charge in [0, 0.05) is 12.2 Å².